The van der Waals surface area contributed by atoms with Gasteiger partial charge in [-0.15, -0.1) is 0 Å². The highest BCUT2D eigenvalue weighted by atomic mass is 32.2. The Balaban J connectivity index is 1.81. The van der Waals surface area contributed by atoms with Gasteiger partial charge in [0.05, 0.1) is 16.9 Å². The van der Waals surface area contributed by atoms with Gasteiger partial charge in [0, 0.05) is 0 Å². The molecule has 0 spiro atoms. The van der Waals surface area contributed by atoms with Crippen LogP contribution in [0.2, 0.25) is 0 Å². The second-order valence-electron chi connectivity index (χ2n) is 9.73. The van der Waals surface area contributed by atoms with Gasteiger partial charge in [0.2, 0.25) is 15.3 Å². The molecule has 0 amide bonds. The van der Waals surface area contributed by atoms with Gasteiger partial charge >= 0.3 is 18.3 Å². The minimum atomic E-state index is -6.10. The van der Waals surface area contributed by atoms with Gasteiger partial charge in [0.1, 0.15) is 17.1 Å². The number of halogens is 6. The zero-order valence-corrected chi connectivity index (χ0v) is 24.5. The highest BCUT2D eigenvalue weighted by Crippen LogP contribution is 2.57. The number of sulfone groups is 1. The number of alkyl halides is 6. The molecule has 0 saturated heterocycles. The van der Waals surface area contributed by atoms with E-state index < -0.39 is 67.5 Å². The predicted octanol–water partition coefficient (Wildman–Crippen LogP) is 7.27. The van der Waals surface area contributed by atoms with Crippen molar-refractivity contribution in [2.24, 2.45) is 0 Å². The Morgan fingerprint density at radius 1 is 0.739 bits per heavy atom. The molecule has 0 saturated carbocycles. The van der Waals surface area contributed by atoms with Crippen molar-refractivity contribution in [3.63, 3.8) is 0 Å². The largest absolute Gasteiger partial charge is 0.496 e. The summed E-state index contributed by atoms with van der Waals surface area (Å²) in [4.78, 5) is 22.8. The maximum Gasteiger partial charge on any atom is 0.411 e. The van der Waals surface area contributed by atoms with E-state index in [1.54, 1.807) is 19.1 Å². The number of carboxylic acid groups (broad SMARTS) is 1. The molecular weight excluding hydrogens is 646 g/mol. The van der Waals surface area contributed by atoms with Crippen molar-refractivity contribution in [3.8, 4) is 23.0 Å². The Morgan fingerprint density at radius 2 is 1.24 bits per heavy atom. The number of benzene rings is 4. The summed E-state index contributed by atoms with van der Waals surface area (Å²) in [5.41, 5.74) is -7.91. The van der Waals surface area contributed by atoms with E-state index in [0.29, 0.717) is 30.3 Å². The lowest BCUT2D eigenvalue weighted by Crippen LogP contribution is -2.54. The molecule has 0 fully saturated rings. The third kappa shape index (κ3) is 6.09. The number of aromatic carboxylic acids is 1. The second-order valence-corrected chi connectivity index (χ2v) is 11.7. The molecule has 4 aromatic carbocycles. The Morgan fingerprint density at radius 3 is 1.72 bits per heavy atom. The summed E-state index contributed by atoms with van der Waals surface area (Å²) in [5.74, 6) is -3.78. The molecule has 46 heavy (non-hydrogen) atoms. The van der Waals surface area contributed by atoms with Crippen LogP contribution < -0.4 is 14.2 Å². The Kier molecular flexibility index (Phi) is 9.11. The lowest BCUT2D eigenvalue weighted by Gasteiger charge is -2.38. The Bertz CT molecular complexity index is 1850. The summed E-state index contributed by atoms with van der Waals surface area (Å²) >= 11 is 0. The zero-order valence-electron chi connectivity index (χ0n) is 23.6. The van der Waals surface area contributed by atoms with E-state index in [1.165, 1.54) is 36.4 Å². The van der Waals surface area contributed by atoms with Gasteiger partial charge < -0.3 is 19.3 Å². The molecule has 0 atom stereocenters. The van der Waals surface area contributed by atoms with Crippen LogP contribution in [0.4, 0.5) is 26.3 Å². The molecule has 1 N–H and O–H groups in total. The number of carbonyl (C=O) groups is 2. The molecule has 0 aliphatic heterocycles. The molecule has 0 aliphatic carbocycles. The lowest BCUT2D eigenvalue weighted by atomic mass is 9.72. The van der Waals surface area contributed by atoms with Crippen LogP contribution in [0, 0.1) is 6.92 Å². The number of hydrogen-bond acceptors (Lipinski definition) is 7. The first kappa shape index (κ1) is 33.8. The summed E-state index contributed by atoms with van der Waals surface area (Å²) in [5, 5.41) is 9.43. The van der Waals surface area contributed by atoms with Gasteiger partial charge in [0.25, 0.3) is 6.47 Å². The molecule has 0 radical (unpaired) electrons. The highest BCUT2D eigenvalue weighted by Gasteiger charge is 2.72. The summed E-state index contributed by atoms with van der Waals surface area (Å²) in [6, 6.07) is 13.5. The van der Waals surface area contributed by atoms with Gasteiger partial charge in [-0.3, -0.25) is 4.79 Å². The van der Waals surface area contributed by atoms with Crippen LogP contribution in [-0.4, -0.2) is 45.4 Å². The Hall–Kier alpha value is -5.05. The summed E-state index contributed by atoms with van der Waals surface area (Å²) in [7, 11) is -2.95. The normalized spacial score (nSPS) is 12.3. The molecule has 0 aliphatic rings. The van der Waals surface area contributed by atoms with E-state index in [4.69, 9.17) is 14.2 Å². The first-order valence-corrected chi connectivity index (χ1v) is 14.4. The third-order valence-corrected chi connectivity index (χ3v) is 8.74. The van der Waals surface area contributed by atoms with Gasteiger partial charge in [-0.1, -0.05) is 29.8 Å². The minimum absolute atomic E-state index is 0.00849. The monoisotopic (exact) mass is 668 g/mol. The van der Waals surface area contributed by atoms with Crippen LogP contribution >= 0.6 is 0 Å². The van der Waals surface area contributed by atoms with Crippen LogP contribution in [-0.2, 0) is 20.0 Å². The quantitative estimate of drug-likeness (QED) is 0.139. The van der Waals surface area contributed by atoms with E-state index >= 15 is 0 Å². The van der Waals surface area contributed by atoms with Crippen LogP contribution in [0.5, 0.6) is 23.0 Å². The highest BCUT2D eigenvalue weighted by molar-refractivity contribution is 7.91. The first-order valence-electron chi connectivity index (χ1n) is 12.9. The van der Waals surface area contributed by atoms with E-state index in [2.05, 4.69) is 0 Å². The van der Waals surface area contributed by atoms with Crippen LogP contribution in [0.1, 0.15) is 27.0 Å². The number of carboxylic acids is 1. The number of hydrogen-bond donors (Lipinski definition) is 1. The van der Waals surface area contributed by atoms with Crippen molar-refractivity contribution in [2.45, 2.75) is 34.5 Å². The van der Waals surface area contributed by atoms with Gasteiger partial charge in [-0.05, 0) is 78.7 Å². The predicted molar refractivity (Wildman–Crippen MR) is 149 cm³/mol. The van der Waals surface area contributed by atoms with E-state index in [-0.39, 0.29) is 28.1 Å². The third-order valence-electron chi connectivity index (χ3n) is 6.96. The number of ether oxygens (including phenoxy) is 3. The Labute approximate surface area is 257 Å². The molecule has 0 aromatic heterocycles. The van der Waals surface area contributed by atoms with Gasteiger partial charge in [0.15, 0.2) is 11.5 Å². The number of aryl methyl sites for hydroxylation is 1. The van der Waals surface area contributed by atoms with Crippen LogP contribution in [0.3, 0.4) is 0 Å². The molecule has 0 bridgehead atoms. The van der Waals surface area contributed by atoms with Crippen LogP contribution in [0.15, 0.2) is 94.7 Å². The van der Waals surface area contributed by atoms with Crippen molar-refractivity contribution in [1.29, 1.82) is 0 Å². The van der Waals surface area contributed by atoms with Crippen molar-refractivity contribution in [3.05, 3.63) is 107 Å². The summed E-state index contributed by atoms with van der Waals surface area (Å²) < 4.78 is 129. The molecule has 0 unspecified atom stereocenters. The molecule has 0 heterocycles. The molecule has 4 aromatic rings. The molecule has 4 rings (SSSR count). The van der Waals surface area contributed by atoms with Crippen molar-refractivity contribution in [1.82, 2.24) is 0 Å². The van der Waals surface area contributed by atoms with Gasteiger partial charge in [-0.2, -0.15) is 26.3 Å². The van der Waals surface area contributed by atoms with Crippen molar-refractivity contribution < 1.29 is 63.7 Å². The van der Waals surface area contributed by atoms with Gasteiger partial charge in [-0.25, -0.2) is 13.2 Å². The van der Waals surface area contributed by atoms with Crippen LogP contribution in [0.25, 0.3) is 0 Å². The fourth-order valence-electron chi connectivity index (χ4n) is 4.73. The zero-order chi connectivity index (χ0) is 34.1. The molecular formula is C31H22F6O8S. The van der Waals surface area contributed by atoms with Crippen molar-refractivity contribution in [2.75, 3.05) is 7.11 Å². The minimum Gasteiger partial charge on any atom is -0.496 e. The number of rotatable bonds is 10. The molecule has 15 heteroatoms. The fourth-order valence-corrected chi connectivity index (χ4v) is 5.99. The molecule has 8 nitrogen and oxygen atoms in total. The summed E-state index contributed by atoms with van der Waals surface area (Å²) in [6.45, 7) is 1.53. The SMILES string of the molecule is COc1ccc(C(c2ccc(Oc3ccc(S(=O)(=O)c4ccc(C)cc4)cc3)c(OC=O)c2)(C(F)(F)F)C(F)(F)F)cc1C(=O)O. The fraction of sp³-hybridized carbons (Fsp3) is 0.161. The summed E-state index contributed by atoms with van der Waals surface area (Å²) in [6.07, 6.45) is -12.2. The topological polar surface area (TPSA) is 116 Å². The van der Waals surface area contributed by atoms with Crippen molar-refractivity contribution >= 4 is 22.3 Å². The average molecular weight is 669 g/mol. The standard InChI is InChI=1S/C31H22F6O8S/c1-18-3-9-22(10-4-18)46(41,42)23-11-7-21(8-12-23)45-26-14-6-20(16-27(26)44-17-38)29(30(32,33)34,31(35,36)37)19-5-13-25(43-2)24(15-19)28(39)40/h3-17H,1-2H3,(H,39,40). The maximum atomic E-state index is 14.7. The maximum absolute atomic E-state index is 14.7. The van der Waals surface area contributed by atoms with E-state index in [9.17, 15) is 49.5 Å². The van der Waals surface area contributed by atoms with E-state index in [0.717, 1.165) is 12.7 Å². The number of carbonyl (C=O) groups excluding carboxylic acids is 1. The first-order chi connectivity index (χ1) is 21.5. The molecule has 242 valence electrons. The lowest BCUT2D eigenvalue weighted by molar-refractivity contribution is -0.288. The smallest absolute Gasteiger partial charge is 0.411 e. The second kappa shape index (κ2) is 12.4. The van der Waals surface area contributed by atoms with E-state index in [1.807, 2.05) is 0 Å². The number of methoxy groups -OCH3 is 1. The average Bonchev–Trinajstić information content (AvgIpc) is 2.98.